The van der Waals surface area contributed by atoms with Gasteiger partial charge in [0, 0.05) is 6.04 Å². The summed E-state index contributed by atoms with van der Waals surface area (Å²) >= 11 is 0. The van der Waals surface area contributed by atoms with Gasteiger partial charge in [0.2, 0.25) is 10.0 Å². The predicted octanol–water partition coefficient (Wildman–Crippen LogP) is 0.204. The molecule has 2 rings (SSSR count). The van der Waals surface area contributed by atoms with Gasteiger partial charge >= 0.3 is 7.12 Å². The Hall–Kier alpha value is -0.885. The van der Waals surface area contributed by atoms with Crippen LogP contribution < -0.4 is 10.2 Å². The fourth-order valence-electron chi connectivity index (χ4n) is 2.88. The Morgan fingerprint density at radius 2 is 1.65 bits per heavy atom. The largest absolute Gasteiger partial charge is 0.488 e. The minimum absolute atomic E-state index is 0.0157. The lowest BCUT2D eigenvalue weighted by atomic mass is 9.79. The molecule has 0 aliphatic heterocycles. The SMILES string of the molecule is Cc1cc(B(O)O)cc(C)c1S(=O)(=O)NC1CCCC1. The minimum Gasteiger partial charge on any atom is -0.423 e. The molecule has 0 aromatic heterocycles. The smallest absolute Gasteiger partial charge is 0.423 e. The summed E-state index contributed by atoms with van der Waals surface area (Å²) in [7, 11) is -5.15. The van der Waals surface area contributed by atoms with E-state index in [1.807, 2.05) is 0 Å². The molecule has 1 fully saturated rings. The molecule has 0 spiro atoms. The Labute approximate surface area is 120 Å². The fraction of sp³-hybridized carbons (Fsp3) is 0.538. The Bertz CT molecular complexity index is 571. The molecule has 1 saturated carbocycles. The zero-order valence-electron chi connectivity index (χ0n) is 11.8. The van der Waals surface area contributed by atoms with Crippen molar-refractivity contribution in [1.82, 2.24) is 4.72 Å². The Kier molecular flexibility index (Phi) is 4.54. The highest BCUT2D eigenvalue weighted by Gasteiger charge is 2.26. The highest BCUT2D eigenvalue weighted by molar-refractivity contribution is 7.89. The van der Waals surface area contributed by atoms with Gasteiger partial charge < -0.3 is 10.0 Å². The van der Waals surface area contributed by atoms with Gasteiger partial charge in [-0.2, -0.15) is 0 Å². The maximum Gasteiger partial charge on any atom is 0.488 e. The van der Waals surface area contributed by atoms with Gasteiger partial charge in [0.05, 0.1) is 4.90 Å². The molecule has 1 aromatic carbocycles. The number of benzene rings is 1. The first kappa shape index (κ1) is 15.5. The van der Waals surface area contributed by atoms with Crippen molar-refractivity contribution in [3.8, 4) is 0 Å². The zero-order valence-corrected chi connectivity index (χ0v) is 12.6. The lowest BCUT2D eigenvalue weighted by molar-refractivity contribution is 0.425. The molecule has 5 nitrogen and oxygen atoms in total. The van der Waals surface area contributed by atoms with Crippen LogP contribution in [0.25, 0.3) is 0 Å². The Morgan fingerprint density at radius 3 is 2.10 bits per heavy atom. The van der Waals surface area contributed by atoms with Gasteiger partial charge in [-0.25, -0.2) is 13.1 Å². The molecule has 110 valence electrons. The Balaban J connectivity index is 2.36. The van der Waals surface area contributed by atoms with Crippen LogP contribution in [0.15, 0.2) is 17.0 Å². The first-order valence-corrected chi connectivity index (χ1v) is 8.29. The molecule has 0 unspecified atom stereocenters. The third-order valence-electron chi connectivity index (χ3n) is 3.73. The lowest BCUT2D eigenvalue weighted by Gasteiger charge is -2.17. The second kappa shape index (κ2) is 5.85. The highest BCUT2D eigenvalue weighted by Crippen LogP contribution is 2.23. The molecule has 0 saturated heterocycles. The summed E-state index contributed by atoms with van der Waals surface area (Å²) < 4.78 is 27.7. The van der Waals surface area contributed by atoms with Crippen LogP contribution in [0, 0.1) is 13.8 Å². The van der Waals surface area contributed by atoms with Crippen LogP contribution in [0.2, 0.25) is 0 Å². The van der Waals surface area contributed by atoms with E-state index in [0.29, 0.717) is 16.6 Å². The van der Waals surface area contributed by atoms with Crippen molar-refractivity contribution < 1.29 is 18.5 Å². The summed E-state index contributed by atoms with van der Waals surface area (Å²) in [6.45, 7) is 3.34. The van der Waals surface area contributed by atoms with Gasteiger partial charge in [0.1, 0.15) is 0 Å². The second-order valence-corrected chi connectivity index (χ2v) is 7.11. The molecule has 0 amide bonds. The van der Waals surface area contributed by atoms with E-state index in [4.69, 9.17) is 0 Å². The monoisotopic (exact) mass is 297 g/mol. The third-order valence-corrected chi connectivity index (χ3v) is 5.55. The molecule has 1 aromatic rings. The van der Waals surface area contributed by atoms with E-state index in [2.05, 4.69) is 4.72 Å². The lowest BCUT2D eigenvalue weighted by Crippen LogP contribution is -2.35. The van der Waals surface area contributed by atoms with Crippen molar-refractivity contribution in [3.05, 3.63) is 23.3 Å². The maximum absolute atomic E-state index is 12.5. The summed E-state index contributed by atoms with van der Waals surface area (Å²) in [5, 5.41) is 18.4. The van der Waals surface area contributed by atoms with Crippen LogP contribution in [0.1, 0.15) is 36.8 Å². The number of aryl methyl sites for hydroxylation is 2. The molecule has 0 heterocycles. The van der Waals surface area contributed by atoms with Crippen molar-refractivity contribution in [2.75, 3.05) is 0 Å². The maximum atomic E-state index is 12.5. The van der Waals surface area contributed by atoms with E-state index >= 15 is 0 Å². The molecule has 3 N–H and O–H groups in total. The van der Waals surface area contributed by atoms with Gasteiger partial charge in [-0.3, -0.25) is 0 Å². The number of nitrogens with one attached hydrogen (secondary N) is 1. The van der Waals surface area contributed by atoms with Crippen LogP contribution >= 0.6 is 0 Å². The number of rotatable bonds is 4. The van der Waals surface area contributed by atoms with Gasteiger partial charge in [-0.15, -0.1) is 0 Å². The van der Waals surface area contributed by atoms with Gasteiger partial charge in [-0.05, 0) is 43.3 Å². The molecular weight excluding hydrogens is 277 g/mol. The molecule has 1 aliphatic carbocycles. The molecule has 0 atom stereocenters. The average molecular weight is 297 g/mol. The first-order chi connectivity index (χ1) is 9.31. The quantitative estimate of drug-likeness (QED) is 0.693. The van der Waals surface area contributed by atoms with Crippen molar-refractivity contribution >= 4 is 22.6 Å². The summed E-state index contributed by atoms with van der Waals surface area (Å²) in [6.07, 6.45) is 3.87. The van der Waals surface area contributed by atoms with Crippen LogP contribution in [-0.2, 0) is 10.0 Å². The standard InChI is InChI=1S/C13H20BNO4S/c1-9-7-11(14(16)17)8-10(2)13(9)20(18,19)15-12-5-3-4-6-12/h7-8,12,15-17H,3-6H2,1-2H3. The van der Waals surface area contributed by atoms with Gasteiger partial charge in [0.15, 0.2) is 0 Å². The van der Waals surface area contributed by atoms with Crippen molar-refractivity contribution in [2.45, 2.75) is 50.5 Å². The highest BCUT2D eigenvalue weighted by atomic mass is 32.2. The number of hydrogen-bond acceptors (Lipinski definition) is 4. The van der Waals surface area contributed by atoms with E-state index in [1.165, 1.54) is 12.1 Å². The zero-order chi connectivity index (χ0) is 14.9. The van der Waals surface area contributed by atoms with Gasteiger partial charge in [0.25, 0.3) is 0 Å². The molecule has 20 heavy (non-hydrogen) atoms. The topological polar surface area (TPSA) is 86.6 Å². The first-order valence-electron chi connectivity index (χ1n) is 6.81. The molecule has 7 heteroatoms. The number of hydrogen-bond donors (Lipinski definition) is 3. The van der Waals surface area contributed by atoms with Crippen LogP contribution in [0.5, 0.6) is 0 Å². The fourth-order valence-corrected chi connectivity index (χ4v) is 4.64. The van der Waals surface area contributed by atoms with E-state index < -0.39 is 17.1 Å². The van der Waals surface area contributed by atoms with Crippen LogP contribution in [0.3, 0.4) is 0 Å². The Morgan fingerprint density at radius 1 is 1.15 bits per heavy atom. The summed E-state index contributed by atoms with van der Waals surface area (Å²) in [4.78, 5) is 0.244. The van der Waals surface area contributed by atoms with E-state index in [0.717, 1.165) is 25.7 Å². The van der Waals surface area contributed by atoms with Crippen molar-refractivity contribution in [2.24, 2.45) is 0 Å². The molecular formula is C13H20BNO4S. The van der Waals surface area contributed by atoms with Gasteiger partial charge in [-0.1, -0.05) is 25.0 Å². The average Bonchev–Trinajstić information content (AvgIpc) is 2.79. The second-order valence-electron chi connectivity index (χ2n) is 5.46. The third kappa shape index (κ3) is 3.23. The van der Waals surface area contributed by atoms with E-state index in [-0.39, 0.29) is 10.9 Å². The van der Waals surface area contributed by atoms with Crippen molar-refractivity contribution in [1.29, 1.82) is 0 Å². The summed E-state index contributed by atoms with van der Waals surface area (Å²) in [6, 6.07) is 3.02. The molecule has 1 aliphatic rings. The predicted molar refractivity (Wildman–Crippen MR) is 78.3 cm³/mol. The van der Waals surface area contributed by atoms with E-state index in [9.17, 15) is 18.5 Å². The summed E-state index contributed by atoms with van der Waals surface area (Å²) in [5.41, 5.74) is 1.36. The normalized spacial score (nSPS) is 16.6. The van der Waals surface area contributed by atoms with E-state index in [1.54, 1.807) is 13.8 Å². The van der Waals surface area contributed by atoms with Crippen LogP contribution in [0.4, 0.5) is 0 Å². The van der Waals surface area contributed by atoms with Crippen LogP contribution in [-0.4, -0.2) is 31.6 Å². The molecule has 0 bridgehead atoms. The number of sulfonamides is 1. The minimum atomic E-state index is -3.56. The van der Waals surface area contributed by atoms with Crippen molar-refractivity contribution in [3.63, 3.8) is 0 Å². The summed E-state index contributed by atoms with van der Waals surface area (Å²) in [5.74, 6) is 0. The molecule has 0 radical (unpaired) electrons.